The normalized spacial score (nSPS) is 9.53. The molecule has 1 aromatic rings. The molecule has 0 heterocycles. The number of rotatable bonds is 6. The highest BCUT2D eigenvalue weighted by Crippen LogP contribution is 2.12. The van der Waals surface area contributed by atoms with Crippen molar-refractivity contribution in [2.45, 2.75) is 13.3 Å². The van der Waals surface area contributed by atoms with Crippen LogP contribution in [-0.4, -0.2) is 24.8 Å². The summed E-state index contributed by atoms with van der Waals surface area (Å²) in [7, 11) is 0. The Labute approximate surface area is 110 Å². The first-order chi connectivity index (χ1) is 9.02. The summed E-state index contributed by atoms with van der Waals surface area (Å²) in [5, 5.41) is 0. The summed E-state index contributed by atoms with van der Waals surface area (Å²) in [5.41, 5.74) is 0.686. The summed E-state index contributed by atoms with van der Waals surface area (Å²) in [5.74, 6) is -0.811. The first-order valence-electron chi connectivity index (χ1n) is 5.61. The van der Waals surface area contributed by atoms with Gasteiger partial charge in [0.2, 0.25) is 0 Å². The largest absolute Gasteiger partial charge is 0.462 e. The quantitative estimate of drug-likeness (QED) is 0.339. The molecule has 1 rings (SSSR count). The Bertz CT molecular complexity index is 504. The molecule has 5 heteroatoms. The third-order valence-electron chi connectivity index (χ3n) is 2.11. The highest BCUT2D eigenvalue weighted by atomic mass is 16.5. The van der Waals surface area contributed by atoms with Crippen LogP contribution >= 0.6 is 0 Å². The lowest BCUT2D eigenvalue weighted by molar-refractivity contribution is -0.142. The SMILES string of the molecule is C=C(C)C(=O)OCCC(=O)Oc1cccc(C=O)c1. The molecule has 0 spiro atoms. The summed E-state index contributed by atoms with van der Waals surface area (Å²) in [6, 6.07) is 6.21. The van der Waals surface area contributed by atoms with Gasteiger partial charge in [-0.2, -0.15) is 0 Å². The van der Waals surface area contributed by atoms with Crippen LogP contribution < -0.4 is 4.74 Å². The lowest BCUT2D eigenvalue weighted by Crippen LogP contribution is -2.14. The van der Waals surface area contributed by atoms with Gasteiger partial charge in [0.1, 0.15) is 18.6 Å². The minimum absolute atomic E-state index is 0.0651. The van der Waals surface area contributed by atoms with Crippen molar-refractivity contribution in [3.05, 3.63) is 42.0 Å². The van der Waals surface area contributed by atoms with E-state index in [9.17, 15) is 14.4 Å². The zero-order chi connectivity index (χ0) is 14.3. The molecule has 0 aromatic heterocycles. The molecule has 0 bridgehead atoms. The standard InChI is InChI=1S/C14H14O5/c1-10(2)14(17)18-7-6-13(16)19-12-5-3-4-11(8-12)9-15/h3-5,8-9H,1,6-7H2,2H3. The van der Waals surface area contributed by atoms with Gasteiger partial charge in [0.25, 0.3) is 0 Å². The third kappa shape index (κ3) is 5.16. The first-order valence-corrected chi connectivity index (χ1v) is 5.61. The van der Waals surface area contributed by atoms with Gasteiger partial charge in [-0.3, -0.25) is 9.59 Å². The molecule has 0 aliphatic carbocycles. The summed E-state index contributed by atoms with van der Waals surface area (Å²) in [4.78, 5) is 33.0. The van der Waals surface area contributed by atoms with Crippen LogP contribution in [-0.2, 0) is 14.3 Å². The number of hydrogen-bond donors (Lipinski definition) is 0. The second-order valence-corrected chi connectivity index (χ2v) is 3.83. The fourth-order valence-corrected chi connectivity index (χ4v) is 1.18. The van der Waals surface area contributed by atoms with E-state index in [1.54, 1.807) is 18.2 Å². The number of esters is 2. The summed E-state index contributed by atoms with van der Waals surface area (Å²) >= 11 is 0. The van der Waals surface area contributed by atoms with Crippen LogP contribution in [0.1, 0.15) is 23.7 Å². The van der Waals surface area contributed by atoms with Crippen molar-refractivity contribution in [2.75, 3.05) is 6.61 Å². The van der Waals surface area contributed by atoms with E-state index in [1.807, 2.05) is 0 Å². The van der Waals surface area contributed by atoms with Crippen molar-refractivity contribution in [2.24, 2.45) is 0 Å². The average Bonchev–Trinajstić information content (AvgIpc) is 2.38. The Kier molecular flexibility index (Phi) is 5.47. The molecule has 19 heavy (non-hydrogen) atoms. The summed E-state index contributed by atoms with van der Waals surface area (Å²) in [6.45, 7) is 4.86. The molecule has 0 atom stereocenters. The van der Waals surface area contributed by atoms with Crippen molar-refractivity contribution >= 4 is 18.2 Å². The van der Waals surface area contributed by atoms with Gasteiger partial charge in [0.05, 0.1) is 6.42 Å². The lowest BCUT2D eigenvalue weighted by atomic mass is 10.2. The first kappa shape index (κ1) is 14.6. The molecule has 0 saturated carbocycles. The van der Waals surface area contributed by atoms with Crippen molar-refractivity contribution in [1.29, 1.82) is 0 Å². The van der Waals surface area contributed by atoms with Gasteiger partial charge < -0.3 is 9.47 Å². The van der Waals surface area contributed by atoms with Gasteiger partial charge in [-0.15, -0.1) is 0 Å². The van der Waals surface area contributed by atoms with Crippen LogP contribution in [0.3, 0.4) is 0 Å². The monoisotopic (exact) mass is 262 g/mol. The minimum Gasteiger partial charge on any atom is -0.462 e. The number of hydrogen-bond acceptors (Lipinski definition) is 5. The molecule has 1 aromatic carbocycles. The Hall–Kier alpha value is -2.43. The molecule has 0 aliphatic rings. The van der Waals surface area contributed by atoms with Crippen LogP contribution in [0.4, 0.5) is 0 Å². The van der Waals surface area contributed by atoms with Crippen LogP contribution in [0.15, 0.2) is 36.4 Å². The van der Waals surface area contributed by atoms with E-state index in [0.29, 0.717) is 11.8 Å². The van der Waals surface area contributed by atoms with E-state index >= 15 is 0 Å². The van der Waals surface area contributed by atoms with Gasteiger partial charge in [-0.1, -0.05) is 18.7 Å². The molecule has 0 fully saturated rings. The molecular weight excluding hydrogens is 248 g/mol. The minimum atomic E-state index is -0.546. The maximum absolute atomic E-state index is 11.4. The smallest absolute Gasteiger partial charge is 0.333 e. The molecule has 0 amide bonds. The predicted octanol–water partition coefficient (Wildman–Crippen LogP) is 1.91. The molecule has 5 nitrogen and oxygen atoms in total. The maximum Gasteiger partial charge on any atom is 0.333 e. The second-order valence-electron chi connectivity index (χ2n) is 3.83. The molecule has 0 unspecified atom stereocenters. The highest BCUT2D eigenvalue weighted by Gasteiger charge is 2.08. The van der Waals surface area contributed by atoms with Gasteiger partial charge >= 0.3 is 11.9 Å². The van der Waals surface area contributed by atoms with Crippen LogP contribution in [0.2, 0.25) is 0 Å². The van der Waals surface area contributed by atoms with E-state index in [0.717, 1.165) is 0 Å². The Balaban J connectivity index is 2.40. The maximum atomic E-state index is 11.4. The number of carbonyl (C=O) groups excluding carboxylic acids is 3. The molecule has 0 radical (unpaired) electrons. The second kappa shape index (κ2) is 7.10. The molecule has 0 saturated heterocycles. The molecule has 100 valence electrons. The van der Waals surface area contributed by atoms with Crippen LogP contribution in [0.25, 0.3) is 0 Å². The Morgan fingerprint density at radius 3 is 2.74 bits per heavy atom. The van der Waals surface area contributed by atoms with Gasteiger partial charge in [-0.05, 0) is 19.1 Å². The van der Waals surface area contributed by atoms with Gasteiger partial charge in [0.15, 0.2) is 0 Å². The van der Waals surface area contributed by atoms with Crippen LogP contribution in [0.5, 0.6) is 5.75 Å². The van der Waals surface area contributed by atoms with E-state index in [4.69, 9.17) is 9.47 Å². The molecule has 0 aliphatic heterocycles. The van der Waals surface area contributed by atoms with Crippen molar-refractivity contribution in [3.8, 4) is 5.75 Å². The van der Waals surface area contributed by atoms with Crippen LogP contribution in [0, 0.1) is 0 Å². The summed E-state index contributed by atoms with van der Waals surface area (Å²) in [6.07, 6.45) is 0.594. The number of aldehydes is 1. The van der Waals surface area contributed by atoms with E-state index in [-0.39, 0.29) is 24.4 Å². The highest BCUT2D eigenvalue weighted by molar-refractivity contribution is 5.87. The van der Waals surface area contributed by atoms with E-state index < -0.39 is 11.9 Å². The van der Waals surface area contributed by atoms with E-state index in [1.165, 1.54) is 13.0 Å². The van der Waals surface area contributed by atoms with Gasteiger partial charge in [-0.25, -0.2) is 4.79 Å². The number of benzene rings is 1. The Morgan fingerprint density at radius 2 is 2.11 bits per heavy atom. The topological polar surface area (TPSA) is 69.7 Å². The van der Waals surface area contributed by atoms with Crippen molar-refractivity contribution in [1.82, 2.24) is 0 Å². The Morgan fingerprint density at radius 1 is 1.37 bits per heavy atom. The number of ether oxygens (including phenoxy) is 2. The number of carbonyl (C=O) groups is 3. The third-order valence-corrected chi connectivity index (χ3v) is 2.11. The lowest BCUT2D eigenvalue weighted by Gasteiger charge is -2.05. The van der Waals surface area contributed by atoms with Gasteiger partial charge in [0, 0.05) is 11.1 Å². The zero-order valence-corrected chi connectivity index (χ0v) is 10.5. The molecular formula is C14H14O5. The average molecular weight is 262 g/mol. The predicted molar refractivity (Wildman–Crippen MR) is 67.9 cm³/mol. The fourth-order valence-electron chi connectivity index (χ4n) is 1.18. The van der Waals surface area contributed by atoms with Crippen molar-refractivity contribution in [3.63, 3.8) is 0 Å². The zero-order valence-electron chi connectivity index (χ0n) is 10.5. The molecule has 0 N–H and O–H groups in total. The summed E-state index contributed by atoms with van der Waals surface area (Å²) < 4.78 is 9.75. The van der Waals surface area contributed by atoms with E-state index in [2.05, 4.69) is 6.58 Å². The fraction of sp³-hybridized carbons (Fsp3) is 0.214. The van der Waals surface area contributed by atoms with Crippen molar-refractivity contribution < 1.29 is 23.9 Å².